The van der Waals surface area contributed by atoms with E-state index in [1.807, 2.05) is 0 Å². The van der Waals surface area contributed by atoms with Gasteiger partial charge in [0.2, 0.25) is 0 Å². The van der Waals surface area contributed by atoms with Crippen molar-refractivity contribution < 1.29 is 19.0 Å². The summed E-state index contributed by atoms with van der Waals surface area (Å²) in [6, 6.07) is 7.83. The Kier molecular flexibility index (Phi) is 3.60. The summed E-state index contributed by atoms with van der Waals surface area (Å²) in [5.74, 6) is -1.67. The van der Waals surface area contributed by atoms with Crippen LogP contribution in [0.15, 0.2) is 40.9 Å². The number of aliphatic hydroxyl groups is 1. The molecular weight excluding hydrogens is 318 g/mol. The molecule has 0 saturated heterocycles. The molecule has 1 atom stereocenters. The van der Waals surface area contributed by atoms with Crippen LogP contribution in [0, 0.1) is 11.6 Å². The first-order valence-corrected chi connectivity index (χ1v) is 6.29. The van der Waals surface area contributed by atoms with Gasteiger partial charge in [0.15, 0.2) is 0 Å². The maximum Gasteiger partial charge on any atom is 0.146 e. The average Bonchev–Trinajstić information content (AvgIpc) is 2.34. The van der Waals surface area contributed by atoms with Gasteiger partial charge in [-0.1, -0.05) is 12.1 Å². The van der Waals surface area contributed by atoms with Crippen LogP contribution in [0.4, 0.5) is 8.78 Å². The molecule has 0 radical (unpaired) electrons. The molecule has 100 valence electrons. The summed E-state index contributed by atoms with van der Waals surface area (Å²) in [6.45, 7) is 1.30. The predicted octanol–water partition coefficient (Wildman–Crippen LogP) is 3.69. The summed E-state index contributed by atoms with van der Waals surface area (Å²) in [4.78, 5) is 0. The van der Waals surface area contributed by atoms with Crippen LogP contribution in [-0.2, 0) is 5.60 Å². The number of hydrogen-bond donors (Lipinski definition) is 2. The van der Waals surface area contributed by atoms with E-state index in [4.69, 9.17) is 0 Å². The van der Waals surface area contributed by atoms with Gasteiger partial charge in [-0.2, -0.15) is 0 Å². The van der Waals surface area contributed by atoms with Crippen molar-refractivity contribution in [3.63, 3.8) is 0 Å². The predicted molar refractivity (Wildman–Crippen MR) is 70.8 cm³/mol. The van der Waals surface area contributed by atoms with Crippen molar-refractivity contribution in [2.24, 2.45) is 0 Å². The first-order valence-electron chi connectivity index (χ1n) is 5.50. The lowest BCUT2D eigenvalue weighted by atomic mass is 9.87. The van der Waals surface area contributed by atoms with Crippen LogP contribution in [0.3, 0.4) is 0 Å². The van der Waals surface area contributed by atoms with E-state index < -0.39 is 22.8 Å². The fourth-order valence-corrected chi connectivity index (χ4v) is 2.23. The van der Waals surface area contributed by atoms with Gasteiger partial charge in [-0.25, -0.2) is 8.78 Å². The molecule has 0 spiro atoms. The van der Waals surface area contributed by atoms with Gasteiger partial charge >= 0.3 is 0 Å². The quantitative estimate of drug-likeness (QED) is 0.825. The number of hydrogen-bond acceptors (Lipinski definition) is 2. The number of phenols is 1. The lowest BCUT2D eigenvalue weighted by Crippen LogP contribution is -2.26. The monoisotopic (exact) mass is 328 g/mol. The zero-order valence-electron chi connectivity index (χ0n) is 9.99. The Morgan fingerprint density at radius 1 is 1.05 bits per heavy atom. The van der Waals surface area contributed by atoms with E-state index in [0.717, 1.165) is 6.07 Å². The van der Waals surface area contributed by atoms with Gasteiger partial charge in [0, 0.05) is 0 Å². The van der Waals surface area contributed by atoms with Gasteiger partial charge in [-0.15, -0.1) is 0 Å². The maximum absolute atomic E-state index is 14.0. The maximum atomic E-state index is 14.0. The molecule has 0 bridgehead atoms. The molecule has 2 aromatic rings. The van der Waals surface area contributed by atoms with E-state index in [0.29, 0.717) is 0 Å². The topological polar surface area (TPSA) is 40.5 Å². The molecule has 2 aromatic carbocycles. The van der Waals surface area contributed by atoms with Crippen LogP contribution in [0.25, 0.3) is 0 Å². The lowest BCUT2D eigenvalue weighted by molar-refractivity contribution is 0.0932. The van der Waals surface area contributed by atoms with Crippen LogP contribution in [0.2, 0.25) is 0 Å². The summed E-state index contributed by atoms with van der Waals surface area (Å²) in [5.41, 5.74) is -2.00. The Balaban J connectivity index is 2.62. The van der Waals surface area contributed by atoms with Crippen LogP contribution < -0.4 is 0 Å². The van der Waals surface area contributed by atoms with Gasteiger partial charge in [0.25, 0.3) is 0 Å². The largest absolute Gasteiger partial charge is 0.508 e. The van der Waals surface area contributed by atoms with Crippen molar-refractivity contribution in [3.8, 4) is 5.75 Å². The molecule has 0 aliphatic heterocycles. The molecule has 5 heteroatoms. The summed E-state index contributed by atoms with van der Waals surface area (Å²) < 4.78 is 27.9. The van der Waals surface area contributed by atoms with Gasteiger partial charge in [-0.3, -0.25) is 0 Å². The van der Waals surface area contributed by atoms with Crippen LogP contribution in [0.1, 0.15) is 18.1 Å². The number of aromatic hydroxyl groups is 1. The molecule has 0 amide bonds. The summed E-state index contributed by atoms with van der Waals surface area (Å²) in [6.07, 6.45) is 0. The van der Waals surface area contributed by atoms with Crippen molar-refractivity contribution >= 4 is 15.9 Å². The normalized spacial score (nSPS) is 14.2. The van der Waals surface area contributed by atoms with Crippen molar-refractivity contribution in [2.45, 2.75) is 12.5 Å². The van der Waals surface area contributed by atoms with Crippen molar-refractivity contribution in [3.05, 3.63) is 63.6 Å². The van der Waals surface area contributed by atoms with E-state index in [1.54, 1.807) is 0 Å². The molecule has 2 rings (SSSR count). The lowest BCUT2D eigenvalue weighted by Gasteiger charge is -2.25. The number of phenolic OH excluding ortho intramolecular Hbond substituents is 1. The smallest absolute Gasteiger partial charge is 0.146 e. The molecule has 2 nitrogen and oxygen atoms in total. The van der Waals surface area contributed by atoms with E-state index >= 15 is 0 Å². The Morgan fingerprint density at radius 2 is 1.63 bits per heavy atom. The van der Waals surface area contributed by atoms with Crippen molar-refractivity contribution in [2.75, 3.05) is 0 Å². The van der Waals surface area contributed by atoms with Gasteiger partial charge in [-0.05, 0) is 52.7 Å². The highest BCUT2D eigenvalue weighted by Crippen LogP contribution is 2.35. The SMILES string of the molecule is CC(O)(c1ccc(O)cc1)c1c(F)ccc(Br)c1F. The summed E-state index contributed by atoms with van der Waals surface area (Å²) in [5, 5.41) is 19.7. The number of benzene rings is 2. The van der Waals surface area contributed by atoms with E-state index in [-0.39, 0.29) is 15.8 Å². The van der Waals surface area contributed by atoms with Crippen molar-refractivity contribution in [1.82, 2.24) is 0 Å². The van der Waals surface area contributed by atoms with Crippen LogP contribution >= 0.6 is 15.9 Å². The highest BCUT2D eigenvalue weighted by atomic mass is 79.9. The average molecular weight is 329 g/mol. The highest BCUT2D eigenvalue weighted by molar-refractivity contribution is 9.10. The number of halogens is 3. The summed E-state index contributed by atoms with van der Waals surface area (Å²) >= 11 is 2.96. The zero-order valence-corrected chi connectivity index (χ0v) is 11.6. The molecule has 0 fully saturated rings. The Hall–Kier alpha value is -1.46. The standard InChI is InChI=1S/C14H11BrF2O2/c1-14(19,8-2-4-9(18)5-3-8)12-11(16)7-6-10(15)13(12)17/h2-7,18-19H,1H3. The van der Waals surface area contributed by atoms with Gasteiger partial charge < -0.3 is 10.2 Å². The minimum atomic E-state index is -1.84. The third-order valence-electron chi connectivity index (χ3n) is 2.96. The molecular formula is C14H11BrF2O2. The Labute approximate surface area is 117 Å². The first kappa shape index (κ1) is 14.0. The highest BCUT2D eigenvalue weighted by Gasteiger charge is 2.33. The van der Waals surface area contributed by atoms with Crippen LogP contribution in [0.5, 0.6) is 5.75 Å². The second-order valence-electron chi connectivity index (χ2n) is 4.34. The zero-order chi connectivity index (χ0) is 14.2. The third-order valence-corrected chi connectivity index (χ3v) is 3.57. The minimum Gasteiger partial charge on any atom is -0.508 e. The molecule has 0 saturated carbocycles. The minimum absolute atomic E-state index is 0.00901. The van der Waals surface area contributed by atoms with E-state index in [1.165, 1.54) is 37.3 Å². The summed E-state index contributed by atoms with van der Waals surface area (Å²) in [7, 11) is 0. The van der Waals surface area contributed by atoms with Crippen molar-refractivity contribution in [1.29, 1.82) is 0 Å². The molecule has 2 N–H and O–H groups in total. The van der Waals surface area contributed by atoms with E-state index in [9.17, 15) is 19.0 Å². The second-order valence-corrected chi connectivity index (χ2v) is 5.19. The molecule has 0 aromatic heterocycles. The fourth-order valence-electron chi connectivity index (χ4n) is 1.90. The second kappa shape index (κ2) is 4.90. The third kappa shape index (κ3) is 2.48. The number of rotatable bonds is 2. The van der Waals surface area contributed by atoms with Crippen LogP contribution in [-0.4, -0.2) is 10.2 Å². The Morgan fingerprint density at radius 3 is 2.21 bits per heavy atom. The molecule has 19 heavy (non-hydrogen) atoms. The molecule has 1 unspecified atom stereocenters. The molecule has 0 aliphatic carbocycles. The first-order chi connectivity index (χ1) is 8.84. The molecule has 0 aliphatic rings. The fraction of sp³-hybridized carbons (Fsp3) is 0.143. The molecule has 0 heterocycles. The van der Waals surface area contributed by atoms with E-state index in [2.05, 4.69) is 15.9 Å². The van der Waals surface area contributed by atoms with Gasteiger partial charge in [0.05, 0.1) is 10.0 Å². The Bertz CT molecular complexity index is 610. The van der Waals surface area contributed by atoms with Gasteiger partial charge in [0.1, 0.15) is 23.0 Å².